The first-order valence-electron chi connectivity index (χ1n) is 8.08. The molecular weight excluding hydrogens is 322 g/mol. The highest BCUT2D eigenvalue weighted by Crippen LogP contribution is 2.07. The maximum Gasteiger partial charge on any atom is 0.409 e. The molecule has 1 saturated heterocycles. The number of hydrogen-bond donors (Lipinski definition) is 1. The van der Waals surface area contributed by atoms with Gasteiger partial charge in [-0.25, -0.2) is 4.79 Å². The monoisotopic (exact) mass is 343 g/mol. The predicted molar refractivity (Wildman–Crippen MR) is 89.9 cm³/mol. The molecule has 2 rings (SSSR count). The summed E-state index contributed by atoms with van der Waals surface area (Å²) in [6, 6.07) is 5.55. The van der Waals surface area contributed by atoms with E-state index in [2.05, 4.69) is 10.3 Å². The molecule has 0 radical (unpaired) electrons. The average molecular weight is 343 g/mol. The van der Waals surface area contributed by atoms with Gasteiger partial charge >= 0.3 is 6.09 Å². The molecule has 1 aliphatic rings. The van der Waals surface area contributed by atoms with Crippen molar-refractivity contribution in [3.8, 4) is 6.07 Å². The summed E-state index contributed by atoms with van der Waals surface area (Å²) < 4.78 is 4.96. The number of carbonyl (C=O) groups is 2. The molecule has 1 N–H and O–H groups in total. The van der Waals surface area contributed by atoms with Crippen molar-refractivity contribution < 1.29 is 14.3 Å². The summed E-state index contributed by atoms with van der Waals surface area (Å²) in [5, 5.41) is 11.9. The highest BCUT2D eigenvalue weighted by atomic mass is 16.6. The lowest BCUT2D eigenvalue weighted by atomic mass is 10.2. The third-order valence-corrected chi connectivity index (χ3v) is 3.69. The first-order valence-corrected chi connectivity index (χ1v) is 8.08. The van der Waals surface area contributed by atoms with Crippen molar-refractivity contribution in [2.45, 2.75) is 13.5 Å². The molecule has 1 aromatic rings. The van der Waals surface area contributed by atoms with Gasteiger partial charge in [-0.2, -0.15) is 5.26 Å². The Bertz CT molecular complexity index is 661. The van der Waals surface area contributed by atoms with E-state index in [-0.39, 0.29) is 11.7 Å². The molecule has 0 saturated carbocycles. The highest BCUT2D eigenvalue weighted by molar-refractivity contribution is 5.97. The summed E-state index contributed by atoms with van der Waals surface area (Å²) in [5.41, 5.74) is 0.893. The summed E-state index contributed by atoms with van der Waals surface area (Å²) in [7, 11) is 0. The maximum absolute atomic E-state index is 12.1. The maximum atomic E-state index is 12.1. The second-order valence-electron chi connectivity index (χ2n) is 5.42. The SMILES string of the molecule is CCOC(=O)N1CCN(/C=C(/C#N)C(=O)NCc2cccnc2)CC1. The molecular formula is C17H21N5O3. The van der Waals surface area contributed by atoms with Gasteiger partial charge in [-0.05, 0) is 18.6 Å². The fourth-order valence-electron chi connectivity index (χ4n) is 2.35. The van der Waals surface area contributed by atoms with Crippen LogP contribution in [-0.4, -0.2) is 59.6 Å². The largest absolute Gasteiger partial charge is 0.450 e. The van der Waals surface area contributed by atoms with Crippen molar-refractivity contribution in [3.63, 3.8) is 0 Å². The van der Waals surface area contributed by atoms with Crippen LogP contribution in [0.5, 0.6) is 0 Å². The van der Waals surface area contributed by atoms with E-state index in [0.717, 1.165) is 5.56 Å². The molecule has 8 heteroatoms. The van der Waals surface area contributed by atoms with E-state index in [1.54, 1.807) is 36.5 Å². The first-order chi connectivity index (χ1) is 12.1. The second kappa shape index (κ2) is 9.27. The molecule has 2 heterocycles. The van der Waals surface area contributed by atoms with Crippen LogP contribution in [0.1, 0.15) is 12.5 Å². The quantitative estimate of drug-likeness (QED) is 0.629. The lowest BCUT2D eigenvalue weighted by Gasteiger charge is -2.33. The summed E-state index contributed by atoms with van der Waals surface area (Å²) >= 11 is 0. The summed E-state index contributed by atoms with van der Waals surface area (Å²) in [5.74, 6) is -0.431. The number of aromatic nitrogens is 1. The molecule has 8 nitrogen and oxygen atoms in total. The first kappa shape index (κ1) is 18.3. The van der Waals surface area contributed by atoms with Gasteiger partial charge in [-0.15, -0.1) is 0 Å². The number of piperazine rings is 1. The normalized spacial score (nSPS) is 14.6. The number of nitrogens with zero attached hydrogens (tertiary/aromatic N) is 4. The Morgan fingerprint density at radius 3 is 2.76 bits per heavy atom. The molecule has 132 valence electrons. The van der Waals surface area contributed by atoms with Gasteiger partial charge in [-0.1, -0.05) is 6.07 Å². The molecule has 2 amide bonds. The summed E-state index contributed by atoms with van der Waals surface area (Å²) in [6.07, 6.45) is 4.52. The lowest BCUT2D eigenvalue weighted by Crippen LogP contribution is -2.47. The molecule has 0 spiro atoms. The number of nitriles is 1. The minimum atomic E-state index is -0.431. The fourth-order valence-corrected chi connectivity index (χ4v) is 2.35. The van der Waals surface area contributed by atoms with Crippen LogP contribution in [0, 0.1) is 11.3 Å². The lowest BCUT2D eigenvalue weighted by molar-refractivity contribution is -0.117. The Morgan fingerprint density at radius 2 is 2.16 bits per heavy atom. The van der Waals surface area contributed by atoms with Crippen molar-refractivity contribution in [1.29, 1.82) is 5.26 Å². The zero-order chi connectivity index (χ0) is 18.1. The minimum Gasteiger partial charge on any atom is -0.450 e. The van der Waals surface area contributed by atoms with E-state index in [1.165, 1.54) is 0 Å². The Kier molecular flexibility index (Phi) is 6.77. The Hall–Kier alpha value is -3.08. The van der Waals surface area contributed by atoms with Gasteiger partial charge in [-0.3, -0.25) is 9.78 Å². The van der Waals surface area contributed by atoms with E-state index in [0.29, 0.717) is 39.3 Å². The van der Waals surface area contributed by atoms with E-state index < -0.39 is 5.91 Å². The number of nitrogens with one attached hydrogen (secondary N) is 1. The van der Waals surface area contributed by atoms with Gasteiger partial charge in [0.1, 0.15) is 11.6 Å². The average Bonchev–Trinajstić information content (AvgIpc) is 2.65. The van der Waals surface area contributed by atoms with Crippen LogP contribution in [0.3, 0.4) is 0 Å². The van der Waals surface area contributed by atoms with Crippen molar-refractivity contribution in [1.82, 2.24) is 20.1 Å². The number of carbonyl (C=O) groups excluding carboxylic acids is 2. The topological polar surface area (TPSA) is 98.6 Å². The van der Waals surface area contributed by atoms with Crippen molar-refractivity contribution in [3.05, 3.63) is 41.9 Å². The molecule has 0 aromatic carbocycles. The third kappa shape index (κ3) is 5.49. The Balaban J connectivity index is 1.86. The third-order valence-electron chi connectivity index (χ3n) is 3.69. The van der Waals surface area contributed by atoms with Gasteiger partial charge in [0, 0.05) is 51.3 Å². The van der Waals surface area contributed by atoms with Crippen LogP contribution in [0.15, 0.2) is 36.3 Å². The predicted octanol–water partition coefficient (Wildman–Crippen LogP) is 0.879. The van der Waals surface area contributed by atoms with Crippen LogP contribution in [0.4, 0.5) is 4.79 Å². The van der Waals surface area contributed by atoms with Crippen LogP contribution in [0.2, 0.25) is 0 Å². The van der Waals surface area contributed by atoms with Crippen LogP contribution < -0.4 is 5.32 Å². The Labute approximate surface area is 146 Å². The molecule has 0 atom stereocenters. The molecule has 0 bridgehead atoms. The van der Waals surface area contributed by atoms with Crippen molar-refractivity contribution in [2.24, 2.45) is 0 Å². The molecule has 0 aliphatic carbocycles. The Morgan fingerprint density at radius 1 is 1.40 bits per heavy atom. The van der Waals surface area contributed by atoms with E-state index >= 15 is 0 Å². The standard InChI is InChI=1S/C17H21N5O3/c1-2-25-17(24)22-8-6-21(7-9-22)13-15(10-18)16(23)20-12-14-4-3-5-19-11-14/h3-5,11,13H,2,6-9,12H2,1H3,(H,20,23)/b15-13-. The van der Waals surface area contributed by atoms with Gasteiger partial charge in [0.05, 0.1) is 6.61 Å². The molecule has 25 heavy (non-hydrogen) atoms. The molecule has 0 unspecified atom stereocenters. The number of rotatable bonds is 5. The molecule has 1 aliphatic heterocycles. The van der Waals surface area contributed by atoms with Crippen molar-refractivity contribution in [2.75, 3.05) is 32.8 Å². The van der Waals surface area contributed by atoms with E-state index in [1.807, 2.05) is 17.0 Å². The zero-order valence-corrected chi connectivity index (χ0v) is 14.1. The van der Waals surface area contributed by atoms with Gasteiger partial charge in [0.2, 0.25) is 0 Å². The number of amides is 2. The highest BCUT2D eigenvalue weighted by Gasteiger charge is 2.21. The number of hydrogen-bond acceptors (Lipinski definition) is 6. The van der Waals surface area contributed by atoms with Gasteiger partial charge in [0.25, 0.3) is 5.91 Å². The van der Waals surface area contributed by atoms with Crippen LogP contribution in [-0.2, 0) is 16.1 Å². The van der Waals surface area contributed by atoms with Crippen LogP contribution in [0.25, 0.3) is 0 Å². The van der Waals surface area contributed by atoms with Gasteiger partial charge < -0.3 is 19.9 Å². The summed E-state index contributed by atoms with van der Waals surface area (Å²) in [6.45, 7) is 4.48. The second-order valence-corrected chi connectivity index (χ2v) is 5.42. The van der Waals surface area contributed by atoms with E-state index in [9.17, 15) is 14.9 Å². The van der Waals surface area contributed by atoms with Crippen LogP contribution >= 0.6 is 0 Å². The van der Waals surface area contributed by atoms with Gasteiger partial charge in [0.15, 0.2) is 0 Å². The summed E-state index contributed by atoms with van der Waals surface area (Å²) in [4.78, 5) is 31.3. The number of ether oxygens (including phenoxy) is 1. The molecule has 1 fully saturated rings. The fraction of sp³-hybridized carbons (Fsp3) is 0.412. The smallest absolute Gasteiger partial charge is 0.409 e. The number of pyridine rings is 1. The van der Waals surface area contributed by atoms with E-state index in [4.69, 9.17) is 4.74 Å². The minimum absolute atomic E-state index is 0.0356. The van der Waals surface area contributed by atoms with Crippen molar-refractivity contribution >= 4 is 12.0 Å². The molecule has 1 aromatic heterocycles. The zero-order valence-electron chi connectivity index (χ0n) is 14.1.